The third-order valence-corrected chi connectivity index (χ3v) is 3.92. The lowest BCUT2D eigenvalue weighted by Crippen LogP contribution is -2.26. The van der Waals surface area contributed by atoms with Crippen LogP contribution >= 0.6 is 11.6 Å². The number of amides is 1. The SMILES string of the molecule is Cc1c(Cl)cccc1NCC(=O)N/N=C/c1ccc2c(c1)OCO2. The van der Waals surface area contributed by atoms with Crippen molar-refractivity contribution in [2.45, 2.75) is 6.92 Å². The molecular weight excluding hydrogens is 330 g/mol. The van der Waals surface area contributed by atoms with Gasteiger partial charge in [0.2, 0.25) is 6.79 Å². The Morgan fingerprint density at radius 3 is 3.00 bits per heavy atom. The Hall–Kier alpha value is -2.73. The van der Waals surface area contributed by atoms with Gasteiger partial charge in [-0.1, -0.05) is 17.7 Å². The highest BCUT2D eigenvalue weighted by Crippen LogP contribution is 2.31. The molecule has 2 aromatic carbocycles. The zero-order valence-corrected chi connectivity index (χ0v) is 13.8. The molecule has 0 spiro atoms. The van der Waals surface area contributed by atoms with Crippen LogP contribution in [0.3, 0.4) is 0 Å². The minimum atomic E-state index is -0.258. The van der Waals surface area contributed by atoms with Crippen LogP contribution < -0.4 is 20.2 Å². The van der Waals surface area contributed by atoms with Gasteiger partial charge in [0.05, 0.1) is 12.8 Å². The maximum absolute atomic E-state index is 11.8. The van der Waals surface area contributed by atoms with E-state index in [0.717, 1.165) is 16.8 Å². The van der Waals surface area contributed by atoms with E-state index < -0.39 is 0 Å². The lowest BCUT2D eigenvalue weighted by molar-refractivity contribution is -0.119. The first-order chi connectivity index (χ1) is 11.6. The Bertz CT molecular complexity index is 793. The fourth-order valence-electron chi connectivity index (χ4n) is 2.19. The number of rotatable bonds is 5. The predicted molar refractivity (Wildman–Crippen MR) is 93.0 cm³/mol. The van der Waals surface area contributed by atoms with E-state index in [-0.39, 0.29) is 19.2 Å². The number of fused-ring (bicyclic) bond motifs is 1. The largest absolute Gasteiger partial charge is 0.454 e. The number of hydrogen-bond donors (Lipinski definition) is 2. The van der Waals surface area contributed by atoms with E-state index >= 15 is 0 Å². The molecule has 0 atom stereocenters. The quantitative estimate of drug-likeness (QED) is 0.645. The number of hydrazone groups is 1. The number of nitrogens with one attached hydrogen (secondary N) is 2. The zero-order chi connectivity index (χ0) is 16.9. The number of benzene rings is 2. The first kappa shape index (κ1) is 16.1. The molecule has 1 aliphatic heterocycles. The second kappa shape index (κ2) is 7.23. The molecule has 3 rings (SSSR count). The average molecular weight is 346 g/mol. The van der Waals surface area contributed by atoms with Crippen LogP contribution in [0, 0.1) is 6.92 Å². The van der Waals surface area contributed by atoms with Gasteiger partial charge in [0.15, 0.2) is 11.5 Å². The van der Waals surface area contributed by atoms with E-state index in [0.29, 0.717) is 16.5 Å². The van der Waals surface area contributed by atoms with Crippen molar-refractivity contribution < 1.29 is 14.3 Å². The van der Waals surface area contributed by atoms with E-state index in [1.807, 2.05) is 25.1 Å². The topological polar surface area (TPSA) is 72.0 Å². The van der Waals surface area contributed by atoms with Gasteiger partial charge in [-0.2, -0.15) is 5.10 Å². The monoisotopic (exact) mass is 345 g/mol. The van der Waals surface area contributed by atoms with Crippen LogP contribution in [0.15, 0.2) is 41.5 Å². The molecule has 0 aliphatic carbocycles. The molecule has 6 nitrogen and oxygen atoms in total. The summed E-state index contributed by atoms with van der Waals surface area (Å²) in [6.07, 6.45) is 1.55. The van der Waals surface area contributed by atoms with Crippen molar-refractivity contribution in [1.82, 2.24) is 5.43 Å². The number of anilines is 1. The predicted octanol–water partition coefficient (Wildman–Crippen LogP) is 2.94. The Morgan fingerprint density at radius 2 is 2.12 bits per heavy atom. The van der Waals surface area contributed by atoms with E-state index in [1.165, 1.54) is 0 Å². The zero-order valence-electron chi connectivity index (χ0n) is 13.0. The van der Waals surface area contributed by atoms with Gasteiger partial charge in [0, 0.05) is 10.7 Å². The molecule has 1 heterocycles. The normalized spacial score (nSPS) is 12.4. The number of halogens is 1. The highest BCUT2D eigenvalue weighted by molar-refractivity contribution is 6.31. The second-order valence-electron chi connectivity index (χ2n) is 5.17. The molecule has 0 saturated heterocycles. The molecule has 0 fully saturated rings. The number of ether oxygens (including phenoxy) is 2. The number of hydrogen-bond acceptors (Lipinski definition) is 5. The van der Waals surface area contributed by atoms with Gasteiger partial charge in [-0.05, 0) is 48.4 Å². The maximum Gasteiger partial charge on any atom is 0.259 e. The maximum atomic E-state index is 11.8. The third-order valence-electron chi connectivity index (χ3n) is 3.51. The molecule has 1 amide bonds. The third kappa shape index (κ3) is 3.78. The van der Waals surface area contributed by atoms with Crippen LogP contribution in [0.25, 0.3) is 0 Å². The van der Waals surface area contributed by atoms with E-state index in [9.17, 15) is 4.79 Å². The molecule has 2 aromatic rings. The molecular formula is C17H16ClN3O3. The summed E-state index contributed by atoms with van der Waals surface area (Å²) in [7, 11) is 0. The van der Waals surface area contributed by atoms with Crippen molar-refractivity contribution in [1.29, 1.82) is 0 Å². The van der Waals surface area contributed by atoms with Crippen molar-refractivity contribution in [3.05, 3.63) is 52.5 Å². The van der Waals surface area contributed by atoms with E-state index in [2.05, 4.69) is 15.8 Å². The minimum absolute atomic E-state index is 0.0969. The highest BCUT2D eigenvalue weighted by Gasteiger charge is 2.12. The molecule has 24 heavy (non-hydrogen) atoms. The molecule has 0 unspecified atom stereocenters. The smallest absolute Gasteiger partial charge is 0.259 e. The summed E-state index contributed by atoms with van der Waals surface area (Å²) in [6, 6.07) is 10.9. The van der Waals surface area contributed by atoms with Crippen LogP contribution in [-0.4, -0.2) is 25.5 Å². The summed E-state index contributed by atoms with van der Waals surface area (Å²) in [5.74, 6) is 1.12. The summed E-state index contributed by atoms with van der Waals surface area (Å²) < 4.78 is 10.5. The molecule has 0 bridgehead atoms. The van der Waals surface area contributed by atoms with Gasteiger partial charge in [0.25, 0.3) is 5.91 Å². The summed E-state index contributed by atoms with van der Waals surface area (Å²) in [4.78, 5) is 11.8. The van der Waals surface area contributed by atoms with Gasteiger partial charge >= 0.3 is 0 Å². The van der Waals surface area contributed by atoms with Gasteiger partial charge in [-0.15, -0.1) is 0 Å². The fraction of sp³-hybridized carbons (Fsp3) is 0.176. The Balaban J connectivity index is 1.51. The first-order valence-corrected chi connectivity index (χ1v) is 7.72. The van der Waals surface area contributed by atoms with Gasteiger partial charge in [-0.25, -0.2) is 5.43 Å². The number of carbonyl (C=O) groups is 1. The van der Waals surface area contributed by atoms with Crippen LogP contribution in [0.2, 0.25) is 5.02 Å². The Kier molecular flexibility index (Phi) is 4.86. The molecule has 7 heteroatoms. The summed E-state index contributed by atoms with van der Waals surface area (Å²) in [6.45, 7) is 2.21. The minimum Gasteiger partial charge on any atom is -0.454 e. The average Bonchev–Trinajstić information content (AvgIpc) is 3.04. The van der Waals surface area contributed by atoms with Crippen LogP contribution in [0.5, 0.6) is 11.5 Å². The number of nitrogens with zero attached hydrogens (tertiary/aromatic N) is 1. The lowest BCUT2D eigenvalue weighted by atomic mass is 10.2. The van der Waals surface area contributed by atoms with Gasteiger partial charge in [-0.3, -0.25) is 4.79 Å². The van der Waals surface area contributed by atoms with E-state index in [1.54, 1.807) is 24.4 Å². The summed E-state index contributed by atoms with van der Waals surface area (Å²) >= 11 is 6.04. The molecule has 1 aliphatic rings. The van der Waals surface area contributed by atoms with Crippen molar-refractivity contribution in [2.24, 2.45) is 5.10 Å². The highest BCUT2D eigenvalue weighted by atomic mass is 35.5. The van der Waals surface area contributed by atoms with Crippen LogP contribution in [-0.2, 0) is 4.79 Å². The van der Waals surface area contributed by atoms with Gasteiger partial charge in [0.1, 0.15) is 0 Å². The van der Waals surface area contributed by atoms with Crippen molar-refractivity contribution in [3.8, 4) is 11.5 Å². The van der Waals surface area contributed by atoms with E-state index in [4.69, 9.17) is 21.1 Å². The Morgan fingerprint density at radius 1 is 1.29 bits per heavy atom. The van der Waals surface area contributed by atoms with Crippen molar-refractivity contribution in [3.63, 3.8) is 0 Å². The van der Waals surface area contributed by atoms with Crippen LogP contribution in [0.4, 0.5) is 5.69 Å². The molecule has 0 saturated carbocycles. The molecule has 2 N–H and O–H groups in total. The molecule has 0 radical (unpaired) electrons. The lowest BCUT2D eigenvalue weighted by Gasteiger charge is -2.09. The van der Waals surface area contributed by atoms with Crippen LogP contribution in [0.1, 0.15) is 11.1 Å². The second-order valence-corrected chi connectivity index (χ2v) is 5.58. The standard InChI is InChI=1S/C17H16ClN3O3/c1-11-13(18)3-2-4-14(11)19-9-17(22)21-20-8-12-5-6-15-16(7-12)24-10-23-15/h2-8,19H,9-10H2,1H3,(H,21,22)/b20-8+. The van der Waals surface area contributed by atoms with Crippen molar-refractivity contribution >= 4 is 29.4 Å². The fourth-order valence-corrected chi connectivity index (χ4v) is 2.36. The summed E-state index contributed by atoms with van der Waals surface area (Å²) in [5.41, 5.74) is 4.99. The van der Waals surface area contributed by atoms with Gasteiger partial charge < -0.3 is 14.8 Å². The Labute approximate surface area is 144 Å². The molecule has 124 valence electrons. The first-order valence-electron chi connectivity index (χ1n) is 7.34. The number of carbonyl (C=O) groups excluding carboxylic acids is 1. The molecule has 0 aromatic heterocycles. The van der Waals surface area contributed by atoms with Crippen molar-refractivity contribution in [2.75, 3.05) is 18.7 Å². The summed E-state index contributed by atoms with van der Waals surface area (Å²) in [5, 5.41) is 7.62.